The minimum Gasteiger partial charge on any atom is -0.489 e. The number of hydrogen-bond donors (Lipinski definition) is 0. The van der Waals surface area contributed by atoms with Crippen molar-refractivity contribution in [2.24, 2.45) is 35.5 Å². The molecule has 0 amide bonds. The van der Waals surface area contributed by atoms with Gasteiger partial charge in [-0.15, -0.1) is 0 Å². The summed E-state index contributed by atoms with van der Waals surface area (Å²) in [5.74, 6) is 5.34. The van der Waals surface area contributed by atoms with E-state index in [2.05, 4.69) is 126 Å². The third-order valence-corrected chi connectivity index (χ3v) is 15.9. The van der Waals surface area contributed by atoms with E-state index in [1.807, 2.05) is 0 Å². The number of nitrogens with zero attached hydrogens (tertiary/aromatic N) is 1. The molecule has 0 fully saturated rings. The fourth-order valence-corrected chi connectivity index (χ4v) is 13.1. The van der Waals surface area contributed by atoms with Gasteiger partial charge in [0.15, 0.2) is 0 Å². The van der Waals surface area contributed by atoms with Gasteiger partial charge in [0.2, 0.25) is 0 Å². The molecule has 0 radical (unpaired) electrons. The Hall–Kier alpha value is -4.76. The van der Waals surface area contributed by atoms with Gasteiger partial charge in [0.1, 0.15) is 23.7 Å². The molecule has 0 aromatic carbocycles. The Bertz CT molecular complexity index is 2330. The molecule has 8 unspecified atom stereocenters. The van der Waals surface area contributed by atoms with Crippen LogP contribution < -0.4 is 0 Å². The average Bonchev–Trinajstić information content (AvgIpc) is 3.88. The van der Waals surface area contributed by atoms with Gasteiger partial charge < -0.3 is 14.4 Å². The van der Waals surface area contributed by atoms with Crippen molar-refractivity contribution in [2.75, 3.05) is 0 Å². The number of rotatable bonds is 6. The summed E-state index contributed by atoms with van der Waals surface area (Å²) >= 11 is 0. The zero-order chi connectivity index (χ0) is 38.9. The topological polar surface area (TPSA) is 21.7 Å². The van der Waals surface area contributed by atoms with Crippen LogP contribution in [0.25, 0.3) is 0 Å². The molecule has 12 aliphatic rings. The molecule has 3 nitrogen and oxygen atoms in total. The van der Waals surface area contributed by atoms with Crippen LogP contribution in [0.5, 0.6) is 0 Å². The smallest absolute Gasteiger partial charge is 0.127 e. The molecule has 0 aromatic rings. The summed E-state index contributed by atoms with van der Waals surface area (Å²) in [6.07, 6.45) is 66.2. The van der Waals surface area contributed by atoms with Gasteiger partial charge in [-0.3, -0.25) is 0 Å². The molecule has 0 spiro atoms. The molecule has 9 atom stereocenters. The van der Waals surface area contributed by atoms with Crippen molar-refractivity contribution < 1.29 is 9.47 Å². The minimum atomic E-state index is 0.164. The molecule has 59 heavy (non-hydrogen) atoms. The summed E-state index contributed by atoms with van der Waals surface area (Å²) in [6.45, 7) is 0. The molecule has 0 saturated carbocycles. The Morgan fingerprint density at radius 3 is 2.53 bits per heavy atom. The zero-order valence-corrected chi connectivity index (χ0v) is 34.6. The third-order valence-electron chi connectivity index (χ3n) is 15.9. The van der Waals surface area contributed by atoms with Crippen molar-refractivity contribution in [1.29, 1.82) is 0 Å². The number of allylic oxidation sites excluding steroid dienone is 22. The average molecular weight is 778 g/mol. The number of ether oxygens (including phenoxy) is 2. The normalized spacial score (nSPS) is 36.2. The maximum atomic E-state index is 6.85. The van der Waals surface area contributed by atoms with E-state index in [4.69, 9.17) is 9.47 Å². The molecular weight excluding hydrogens is 719 g/mol. The van der Waals surface area contributed by atoms with Gasteiger partial charge in [0, 0.05) is 34.7 Å². The van der Waals surface area contributed by atoms with E-state index in [-0.39, 0.29) is 6.10 Å². The summed E-state index contributed by atoms with van der Waals surface area (Å²) in [6, 6.07) is 0.366. The molecule has 0 aromatic heterocycles. The van der Waals surface area contributed by atoms with E-state index in [9.17, 15) is 0 Å². The molecule has 2 heterocycles. The maximum Gasteiger partial charge on any atom is 0.127 e. The van der Waals surface area contributed by atoms with Crippen molar-refractivity contribution >= 4 is 0 Å². The molecule has 2 aliphatic heterocycles. The van der Waals surface area contributed by atoms with E-state index < -0.39 is 0 Å². The Kier molecular flexibility index (Phi) is 9.22. The number of fused-ring (bicyclic) bond motifs is 6. The van der Waals surface area contributed by atoms with Crippen LogP contribution in [0.15, 0.2) is 189 Å². The first-order valence-electron chi connectivity index (χ1n) is 23.5. The van der Waals surface area contributed by atoms with E-state index in [0.717, 1.165) is 76.4 Å². The Labute approximate surface area is 352 Å². The lowest BCUT2D eigenvalue weighted by Crippen LogP contribution is -2.38. The lowest BCUT2D eigenvalue weighted by atomic mass is 9.70. The summed E-state index contributed by atoms with van der Waals surface area (Å²) in [5, 5.41) is 0. The van der Waals surface area contributed by atoms with Crippen LogP contribution >= 0.6 is 0 Å². The van der Waals surface area contributed by atoms with Crippen LogP contribution in [0.1, 0.15) is 96.3 Å². The van der Waals surface area contributed by atoms with E-state index in [1.54, 1.807) is 33.6 Å². The maximum absolute atomic E-state index is 6.85. The second-order valence-corrected chi connectivity index (χ2v) is 19.1. The Morgan fingerprint density at radius 1 is 0.678 bits per heavy atom. The standard InChI is InChI=1S/C56H59NO2/c1-2-12-37(13-3-1)45-20-10-21-48-50-34-39(28-33-53(50)59-56(45)48)36-24-29-41(30-25-36)57(51-35-40-14-4-5-15-43(40)46-16-6-7-17-47(46)51)42-31-26-38(27-32-42)44-19-11-23-54-55(44)49-18-8-9-22-52(49)58-54/h1-2,5-6,8-9,11-12,15-16,18,20,22-24,26,29-31,34,36,38,40,42,44,49-50,52-53H,3-4,7,10,13-14,17,19,21,25,27-28,32-33,35H2/t36-,38?,40?,42?,44?,49?,50?,52?,53?/m0/s1. The first kappa shape index (κ1) is 36.1. The van der Waals surface area contributed by atoms with Gasteiger partial charge in [0.25, 0.3) is 0 Å². The van der Waals surface area contributed by atoms with Crippen molar-refractivity contribution in [3.8, 4) is 0 Å². The lowest BCUT2D eigenvalue weighted by molar-refractivity contribution is 0.116. The van der Waals surface area contributed by atoms with Gasteiger partial charge in [-0.25, -0.2) is 0 Å². The van der Waals surface area contributed by atoms with Crippen LogP contribution in [0.3, 0.4) is 0 Å². The van der Waals surface area contributed by atoms with Gasteiger partial charge in [0.05, 0.1) is 6.04 Å². The second kappa shape index (κ2) is 15.1. The quantitative estimate of drug-likeness (QED) is 0.251. The molecule has 12 rings (SSSR count). The van der Waals surface area contributed by atoms with Crippen LogP contribution in [0.4, 0.5) is 0 Å². The molecule has 300 valence electrons. The lowest BCUT2D eigenvalue weighted by Gasteiger charge is -2.44. The molecule has 0 saturated heterocycles. The predicted octanol–water partition coefficient (Wildman–Crippen LogP) is 13.3. The third kappa shape index (κ3) is 6.28. The summed E-state index contributed by atoms with van der Waals surface area (Å²) in [5.41, 5.74) is 15.4. The van der Waals surface area contributed by atoms with Crippen molar-refractivity contribution in [2.45, 2.75) is 115 Å². The number of hydrogen-bond acceptors (Lipinski definition) is 3. The zero-order valence-electron chi connectivity index (χ0n) is 34.6. The van der Waals surface area contributed by atoms with Crippen molar-refractivity contribution in [3.05, 3.63) is 189 Å². The van der Waals surface area contributed by atoms with Gasteiger partial charge >= 0.3 is 0 Å². The highest BCUT2D eigenvalue weighted by Gasteiger charge is 2.44. The predicted molar refractivity (Wildman–Crippen MR) is 239 cm³/mol. The largest absolute Gasteiger partial charge is 0.489 e. The van der Waals surface area contributed by atoms with E-state index >= 15 is 0 Å². The first-order chi connectivity index (χ1) is 29.2. The van der Waals surface area contributed by atoms with Gasteiger partial charge in [-0.05, 0) is 166 Å². The highest BCUT2D eigenvalue weighted by atomic mass is 16.5. The van der Waals surface area contributed by atoms with E-state index in [1.165, 1.54) is 53.9 Å². The Balaban J connectivity index is 0.842. The van der Waals surface area contributed by atoms with Crippen LogP contribution in [-0.2, 0) is 9.47 Å². The van der Waals surface area contributed by atoms with Crippen LogP contribution in [0, 0.1) is 35.5 Å². The fourth-order valence-electron chi connectivity index (χ4n) is 13.1. The van der Waals surface area contributed by atoms with E-state index in [0.29, 0.717) is 47.7 Å². The molecule has 3 heteroatoms. The molecule has 0 N–H and O–H groups in total. The van der Waals surface area contributed by atoms with Crippen LogP contribution in [0.2, 0.25) is 0 Å². The molecular formula is C56H59NO2. The van der Waals surface area contributed by atoms with Crippen LogP contribution in [-0.4, -0.2) is 23.1 Å². The fraction of sp³-hybridized carbons (Fsp3) is 0.429. The van der Waals surface area contributed by atoms with Crippen molar-refractivity contribution in [3.63, 3.8) is 0 Å². The Morgan fingerprint density at radius 2 is 1.63 bits per heavy atom. The van der Waals surface area contributed by atoms with Gasteiger partial charge in [-0.2, -0.15) is 0 Å². The second-order valence-electron chi connectivity index (χ2n) is 19.1. The summed E-state index contributed by atoms with van der Waals surface area (Å²) in [4.78, 5) is 2.86. The van der Waals surface area contributed by atoms with Crippen molar-refractivity contribution in [1.82, 2.24) is 4.90 Å². The first-order valence-corrected chi connectivity index (χ1v) is 23.5. The minimum absolute atomic E-state index is 0.164. The van der Waals surface area contributed by atoms with Gasteiger partial charge in [-0.1, -0.05) is 109 Å². The SMILES string of the molecule is C1=CCCC(C2=CCCC3=C2OC2CCC([C@H]4C=CC(N(C5=C6CCC=CC6=C6C=CCCC6C5)C5C=CC(C6CC=CC7=C6C6C=CC=CC6O7)CC5)=CC4)=CC32)=C1. The highest BCUT2D eigenvalue weighted by molar-refractivity contribution is 5.57. The molecule has 10 aliphatic carbocycles. The monoisotopic (exact) mass is 777 g/mol. The molecule has 0 bridgehead atoms. The summed E-state index contributed by atoms with van der Waals surface area (Å²) < 4.78 is 13.3. The highest BCUT2D eigenvalue weighted by Crippen LogP contribution is 2.52. The summed E-state index contributed by atoms with van der Waals surface area (Å²) in [7, 11) is 0.